The van der Waals surface area contributed by atoms with E-state index in [-0.39, 0.29) is 22.1 Å². The molecule has 1 saturated carbocycles. The van der Waals surface area contributed by atoms with Gasteiger partial charge in [0.1, 0.15) is 0 Å². The molecule has 1 amide bonds. The fourth-order valence-corrected chi connectivity index (χ4v) is 4.17. The number of H-pyrrole nitrogens is 1. The minimum Gasteiger partial charge on any atom is -0.322 e. The van der Waals surface area contributed by atoms with Crippen molar-refractivity contribution in [3.05, 3.63) is 70.5 Å². The summed E-state index contributed by atoms with van der Waals surface area (Å²) in [6.07, 6.45) is 1.68. The molecule has 1 aromatic heterocycles. The third-order valence-corrected chi connectivity index (χ3v) is 5.81. The van der Waals surface area contributed by atoms with Gasteiger partial charge in [-0.15, -0.1) is 0 Å². The molecule has 0 bridgehead atoms. The van der Waals surface area contributed by atoms with E-state index < -0.39 is 15.9 Å². The summed E-state index contributed by atoms with van der Waals surface area (Å²) in [7, 11) is -3.62. The van der Waals surface area contributed by atoms with Gasteiger partial charge in [-0.1, -0.05) is 24.3 Å². The van der Waals surface area contributed by atoms with Crippen molar-refractivity contribution >= 4 is 32.5 Å². The molecular formula is C19H17N3O4S. The number of rotatable bonds is 5. The van der Waals surface area contributed by atoms with E-state index in [1.165, 1.54) is 18.2 Å². The first-order valence-electron chi connectivity index (χ1n) is 8.48. The van der Waals surface area contributed by atoms with Gasteiger partial charge in [0.05, 0.1) is 10.5 Å². The van der Waals surface area contributed by atoms with Gasteiger partial charge in [-0.2, -0.15) is 0 Å². The highest BCUT2D eigenvalue weighted by Crippen LogP contribution is 2.24. The Morgan fingerprint density at radius 1 is 1.04 bits per heavy atom. The highest BCUT2D eigenvalue weighted by molar-refractivity contribution is 7.89. The maximum atomic E-state index is 12.7. The highest BCUT2D eigenvalue weighted by atomic mass is 32.2. The number of pyridine rings is 1. The van der Waals surface area contributed by atoms with Gasteiger partial charge in [0.2, 0.25) is 15.6 Å². The number of carbonyl (C=O) groups excluding carboxylic acids is 1. The summed E-state index contributed by atoms with van der Waals surface area (Å²) in [5.41, 5.74) is 0.727. The zero-order chi connectivity index (χ0) is 19.0. The maximum Gasteiger partial charge on any atom is 0.256 e. The lowest BCUT2D eigenvalue weighted by Gasteiger charge is -2.10. The van der Waals surface area contributed by atoms with E-state index in [0.29, 0.717) is 16.6 Å². The van der Waals surface area contributed by atoms with Crippen molar-refractivity contribution in [2.45, 2.75) is 23.8 Å². The van der Waals surface area contributed by atoms with Gasteiger partial charge in [0, 0.05) is 28.7 Å². The molecule has 0 unspecified atom stereocenters. The second-order valence-electron chi connectivity index (χ2n) is 6.47. The van der Waals surface area contributed by atoms with Gasteiger partial charge in [0.25, 0.3) is 5.91 Å². The van der Waals surface area contributed by atoms with Crippen molar-refractivity contribution in [3.63, 3.8) is 0 Å². The van der Waals surface area contributed by atoms with Crippen molar-refractivity contribution < 1.29 is 13.2 Å². The topological polar surface area (TPSA) is 108 Å². The summed E-state index contributed by atoms with van der Waals surface area (Å²) in [5.74, 6) is -0.484. The highest BCUT2D eigenvalue weighted by Gasteiger charge is 2.28. The number of anilines is 1. The van der Waals surface area contributed by atoms with E-state index in [2.05, 4.69) is 15.0 Å². The zero-order valence-electron chi connectivity index (χ0n) is 14.2. The van der Waals surface area contributed by atoms with E-state index in [4.69, 9.17) is 0 Å². The van der Waals surface area contributed by atoms with Crippen LogP contribution in [0.1, 0.15) is 23.2 Å². The first-order valence-corrected chi connectivity index (χ1v) is 9.96. The molecule has 0 radical (unpaired) electrons. The van der Waals surface area contributed by atoms with Crippen LogP contribution in [0.15, 0.2) is 64.3 Å². The van der Waals surface area contributed by atoms with Crippen molar-refractivity contribution in [1.29, 1.82) is 0 Å². The predicted molar refractivity (Wildman–Crippen MR) is 102 cm³/mol. The SMILES string of the molecule is O=C(Nc1cccc(S(=O)(=O)NC2CC2)c1)c1cc(=O)[nH]c2ccccc12. The minimum atomic E-state index is -3.62. The Kier molecular flexibility index (Phi) is 4.29. The molecule has 3 N–H and O–H groups in total. The van der Waals surface area contributed by atoms with Crippen molar-refractivity contribution in [1.82, 2.24) is 9.71 Å². The summed E-state index contributed by atoms with van der Waals surface area (Å²) in [5, 5.41) is 3.28. The lowest BCUT2D eigenvalue weighted by molar-refractivity contribution is 0.102. The molecule has 7 nitrogen and oxygen atoms in total. The van der Waals surface area contributed by atoms with Crippen LogP contribution in [0.2, 0.25) is 0 Å². The van der Waals surface area contributed by atoms with E-state index in [0.717, 1.165) is 12.8 Å². The Bertz CT molecular complexity index is 1200. The molecule has 1 aliphatic carbocycles. The second-order valence-corrected chi connectivity index (χ2v) is 8.18. The van der Waals surface area contributed by atoms with Crippen LogP contribution in [-0.4, -0.2) is 25.4 Å². The third kappa shape index (κ3) is 3.76. The molecular weight excluding hydrogens is 366 g/mol. The van der Waals surface area contributed by atoms with Crippen LogP contribution in [-0.2, 0) is 10.0 Å². The monoisotopic (exact) mass is 383 g/mol. The Hall–Kier alpha value is -2.97. The Balaban J connectivity index is 1.64. The van der Waals surface area contributed by atoms with Crippen LogP contribution in [0.3, 0.4) is 0 Å². The number of nitrogens with one attached hydrogen (secondary N) is 3. The lowest BCUT2D eigenvalue weighted by Crippen LogP contribution is -2.25. The number of hydrogen-bond acceptors (Lipinski definition) is 4. The van der Waals surface area contributed by atoms with Gasteiger partial charge >= 0.3 is 0 Å². The number of aromatic nitrogens is 1. The molecule has 27 heavy (non-hydrogen) atoms. The average Bonchev–Trinajstić information content (AvgIpc) is 3.44. The Morgan fingerprint density at radius 2 is 1.81 bits per heavy atom. The number of aromatic amines is 1. The zero-order valence-corrected chi connectivity index (χ0v) is 15.0. The number of carbonyl (C=O) groups is 1. The van der Waals surface area contributed by atoms with Gasteiger partial charge in [0.15, 0.2) is 0 Å². The van der Waals surface area contributed by atoms with Gasteiger partial charge in [-0.25, -0.2) is 13.1 Å². The fourth-order valence-electron chi connectivity index (χ4n) is 2.82. The largest absolute Gasteiger partial charge is 0.322 e. The molecule has 0 aliphatic heterocycles. The minimum absolute atomic E-state index is 0.00402. The average molecular weight is 383 g/mol. The molecule has 8 heteroatoms. The molecule has 2 aromatic carbocycles. The van der Waals surface area contributed by atoms with Gasteiger partial charge in [-0.3, -0.25) is 9.59 Å². The van der Waals surface area contributed by atoms with E-state index in [1.54, 1.807) is 36.4 Å². The summed E-state index contributed by atoms with van der Waals surface area (Å²) >= 11 is 0. The van der Waals surface area contributed by atoms with Gasteiger partial charge in [-0.05, 0) is 37.1 Å². The van der Waals surface area contributed by atoms with E-state index in [9.17, 15) is 18.0 Å². The van der Waals surface area contributed by atoms with Crippen LogP contribution < -0.4 is 15.6 Å². The summed E-state index contributed by atoms with van der Waals surface area (Å²) in [6, 6.07) is 14.3. The van der Waals surface area contributed by atoms with Crippen LogP contribution in [0, 0.1) is 0 Å². The van der Waals surface area contributed by atoms with Crippen molar-refractivity contribution in [2.75, 3.05) is 5.32 Å². The van der Waals surface area contributed by atoms with Crippen LogP contribution in [0.5, 0.6) is 0 Å². The Labute approximate surface area is 155 Å². The van der Waals surface area contributed by atoms with E-state index in [1.807, 2.05) is 0 Å². The molecule has 4 rings (SSSR count). The van der Waals surface area contributed by atoms with Gasteiger partial charge < -0.3 is 10.3 Å². The van der Waals surface area contributed by atoms with Crippen LogP contribution in [0.4, 0.5) is 5.69 Å². The van der Waals surface area contributed by atoms with Crippen LogP contribution in [0.25, 0.3) is 10.9 Å². The number of para-hydroxylation sites is 1. The number of fused-ring (bicyclic) bond motifs is 1. The second kappa shape index (κ2) is 6.64. The Morgan fingerprint density at radius 3 is 2.59 bits per heavy atom. The molecule has 1 fully saturated rings. The molecule has 0 atom stereocenters. The summed E-state index contributed by atoms with van der Waals surface area (Å²) < 4.78 is 27.3. The standard InChI is InChI=1S/C19H17N3O4S/c23-18-11-16(15-6-1-2-7-17(15)21-18)19(24)20-13-4-3-5-14(10-13)27(25,26)22-12-8-9-12/h1-7,10-12,22H,8-9H2,(H,20,24)(H,21,23). The quantitative estimate of drug-likeness (QED) is 0.628. The molecule has 1 aliphatic rings. The molecule has 3 aromatic rings. The maximum absolute atomic E-state index is 12.7. The number of hydrogen-bond donors (Lipinski definition) is 3. The number of benzene rings is 2. The summed E-state index contributed by atoms with van der Waals surface area (Å²) in [6.45, 7) is 0. The normalized spacial score (nSPS) is 14.2. The molecule has 0 saturated heterocycles. The third-order valence-electron chi connectivity index (χ3n) is 4.30. The molecule has 0 spiro atoms. The number of amides is 1. The van der Waals surface area contributed by atoms with E-state index >= 15 is 0 Å². The van der Waals surface area contributed by atoms with Crippen molar-refractivity contribution in [2.24, 2.45) is 0 Å². The number of sulfonamides is 1. The first-order chi connectivity index (χ1) is 12.9. The van der Waals surface area contributed by atoms with Crippen LogP contribution >= 0.6 is 0 Å². The van der Waals surface area contributed by atoms with Crippen molar-refractivity contribution in [3.8, 4) is 0 Å². The molecule has 1 heterocycles. The lowest BCUT2D eigenvalue weighted by atomic mass is 10.1. The smallest absolute Gasteiger partial charge is 0.256 e. The predicted octanol–water partition coefficient (Wildman–Crippen LogP) is 2.22. The first kappa shape index (κ1) is 17.4. The fraction of sp³-hybridized carbons (Fsp3) is 0.158. The molecule has 138 valence electrons. The summed E-state index contributed by atoms with van der Waals surface area (Å²) in [4.78, 5) is 27.3.